The van der Waals surface area contributed by atoms with Gasteiger partial charge in [-0.3, -0.25) is 9.69 Å². The first kappa shape index (κ1) is 25.4. The average Bonchev–Trinajstić information content (AvgIpc) is 3.53. The summed E-state index contributed by atoms with van der Waals surface area (Å²) in [4.78, 5) is 19.0. The minimum absolute atomic E-state index is 0.00368. The van der Waals surface area contributed by atoms with Crippen molar-refractivity contribution in [3.05, 3.63) is 86.0 Å². The van der Waals surface area contributed by atoms with Crippen LogP contribution in [0.25, 0.3) is 6.08 Å². The Labute approximate surface area is 242 Å². The molecule has 1 saturated carbocycles. The first-order valence-electron chi connectivity index (χ1n) is 13.9. The molecule has 2 bridgehead atoms. The number of likely N-dealkylation sites (N-methyl/N-ethyl adjacent to an activating group) is 1. The number of halogens is 1. The summed E-state index contributed by atoms with van der Waals surface area (Å²) in [7, 11) is 1.92. The van der Waals surface area contributed by atoms with E-state index in [4.69, 9.17) is 4.74 Å². The van der Waals surface area contributed by atoms with Gasteiger partial charge in [-0.2, -0.15) is 0 Å². The predicted molar refractivity (Wildman–Crippen MR) is 158 cm³/mol. The summed E-state index contributed by atoms with van der Waals surface area (Å²) in [5.74, 6) is 1.36. The van der Waals surface area contributed by atoms with Crippen molar-refractivity contribution in [3.8, 4) is 11.5 Å². The molecular weight excluding hydrogens is 572 g/mol. The highest BCUT2D eigenvalue weighted by molar-refractivity contribution is 9.10. The van der Waals surface area contributed by atoms with Crippen LogP contribution in [0.3, 0.4) is 0 Å². The van der Waals surface area contributed by atoms with Gasteiger partial charge in [0.1, 0.15) is 6.10 Å². The molecule has 5 atom stereocenters. The number of phenols is 1. The molecule has 5 nitrogen and oxygen atoms in total. The summed E-state index contributed by atoms with van der Waals surface area (Å²) < 4.78 is 7.76. The zero-order chi connectivity index (χ0) is 26.7. The number of hydrogen-bond acceptors (Lipinski definition) is 5. The number of carbonyl (C=O) groups is 1. The molecule has 1 spiro atoms. The number of piperidine rings is 1. The largest absolute Gasteiger partial charge is 0.504 e. The number of likely N-dealkylation sites (tertiary alicyclic amines) is 1. The first-order chi connectivity index (χ1) is 19.0. The lowest BCUT2D eigenvalue weighted by Crippen LogP contribution is -2.69. The third-order valence-corrected chi connectivity index (χ3v) is 11.4. The molecule has 2 fully saturated rings. The van der Waals surface area contributed by atoms with E-state index in [0.717, 1.165) is 54.5 Å². The van der Waals surface area contributed by atoms with Crippen molar-refractivity contribution in [1.82, 2.24) is 9.80 Å². The van der Waals surface area contributed by atoms with Crippen LogP contribution in [0.2, 0.25) is 0 Å². The zero-order valence-corrected chi connectivity index (χ0v) is 24.5. The van der Waals surface area contributed by atoms with Gasteiger partial charge in [-0.05, 0) is 89.8 Å². The van der Waals surface area contributed by atoms with Gasteiger partial charge in [0.05, 0.1) is 6.04 Å². The monoisotopic (exact) mass is 604 g/mol. The van der Waals surface area contributed by atoms with E-state index in [1.807, 2.05) is 29.5 Å². The Morgan fingerprint density at radius 1 is 1.26 bits per heavy atom. The van der Waals surface area contributed by atoms with E-state index in [-0.39, 0.29) is 29.2 Å². The Hall–Kier alpha value is -2.61. The van der Waals surface area contributed by atoms with Crippen LogP contribution in [-0.4, -0.2) is 59.1 Å². The molecule has 1 aromatic heterocycles. The number of thiophene rings is 1. The molecule has 3 heterocycles. The van der Waals surface area contributed by atoms with Crippen molar-refractivity contribution < 1.29 is 14.6 Å². The highest BCUT2D eigenvalue weighted by atomic mass is 79.9. The smallest absolute Gasteiger partial charge is 0.246 e. The zero-order valence-electron chi connectivity index (χ0n) is 22.1. The lowest BCUT2D eigenvalue weighted by molar-refractivity contribution is -0.135. The Morgan fingerprint density at radius 2 is 2.10 bits per heavy atom. The minimum Gasteiger partial charge on any atom is -0.504 e. The van der Waals surface area contributed by atoms with Gasteiger partial charge < -0.3 is 14.7 Å². The third-order valence-electron chi connectivity index (χ3n) is 9.75. The quantitative estimate of drug-likeness (QED) is 0.349. The van der Waals surface area contributed by atoms with Gasteiger partial charge in [-0.1, -0.05) is 36.4 Å². The van der Waals surface area contributed by atoms with Gasteiger partial charge in [-0.25, -0.2) is 0 Å². The van der Waals surface area contributed by atoms with Crippen molar-refractivity contribution in [3.63, 3.8) is 0 Å². The molecule has 1 amide bonds. The Kier molecular flexibility index (Phi) is 6.37. The van der Waals surface area contributed by atoms with Crippen molar-refractivity contribution in [2.24, 2.45) is 5.92 Å². The van der Waals surface area contributed by atoms with Crippen LogP contribution in [0.5, 0.6) is 11.5 Å². The molecule has 3 aromatic rings. The van der Waals surface area contributed by atoms with Crippen LogP contribution >= 0.6 is 27.3 Å². The average molecular weight is 606 g/mol. The van der Waals surface area contributed by atoms with Gasteiger partial charge in [0.2, 0.25) is 5.91 Å². The topological polar surface area (TPSA) is 53.0 Å². The molecule has 1 N–H and O–H groups in total. The second kappa shape index (κ2) is 9.79. The second-order valence-corrected chi connectivity index (χ2v) is 13.4. The number of hydrogen-bond donors (Lipinski definition) is 1. The molecule has 2 aliphatic carbocycles. The van der Waals surface area contributed by atoms with E-state index in [1.165, 1.54) is 16.7 Å². The van der Waals surface area contributed by atoms with E-state index in [1.54, 1.807) is 23.5 Å². The highest BCUT2D eigenvalue weighted by Gasteiger charge is 2.66. The lowest BCUT2D eigenvalue weighted by Gasteiger charge is -2.60. The number of amides is 1. The molecule has 4 aliphatic rings. The lowest BCUT2D eigenvalue weighted by atomic mass is 9.51. The van der Waals surface area contributed by atoms with Crippen LogP contribution in [0.15, 0.2) is 64.5 Å². The van der Waals surface area contributed by atoms with Crippen molar-refractivity contribution in [1.29, 1.82) is 0 Å². The number of phenolic OH excluding ortho intramolecular Hbond substituents is 1. The van der Waals surface area contributed by atoms with Crippen molar-refractivity contribution in [2.75, 3.05) is 20.1 Å². The number of benzene rings is 2. The fourth-order valence-electron chi connectivity index (χ4n) is 8.04. The second-order valence-electron chi connectivity index (χ2n) is 11.5. The number of rotatable bonds is 6. The Morgan fingerprint density at radius 3 is 2.90 bits per heavy atom. The number of ether oxygens (including phenoxy) is 1. The van der Waals surface area contributed by atoms with Crippen LogP contribution in [0.4, 0.5) is 0 Å². The normalized spacial score (nSPS) is 28.8. The summed E-state index contributed by atoms with van der Waals surface area (Å²) in [6.45, 7) is 2.07. The molecule has 7 rings (SSSR count). The van der Waals surface area contributed by atoms with Crippen LogP contribution < -0.4 is 4.74 Å². The Bertz CT molecular complexity index is 1440. The van der Waals surface area contributed by atoms with Gasteiger partial charge in [0.25, 0.3) is 0 Å². The first-order valence-corrected chi connectivity index (χ1v) is 15.6. The van der Waals surface area contributed by atoms with Gasteiger partial charge in [0, 0.05) is 51.4 Å². The molecule has 202 valence electrons. The van der Waals surface area contributed by atoms with Crippen LogP contribution in [-0.2, 0) is 23.1 Å². The summed E-state index contributed by atoms with van der Waals surface area (Å²) in [5.41, 5.74) is 3.78. The predicted octanol–water partition coefficient (Wildman–Crippen LogP) is 6.04. The number of carbonyl (C=O) groups excluding carboxylic acids is 1. The molecular formula is C32H33BrN2O3S. The van der Waals surface area contributed by atoms with E-state index < -0.39 is 0 Å². The molecule has 0 unspecified atom stereocenters. The standard InChI is InChI=1S/C32H33BrN2O3S/c1-34(28(37)12-8-23-18-22(33)19-39-23)25-10-9-24-26-17-21-7-11-27(36)30-29(21)32(24,31(25)38-30)14-16-35(26)15-13-20-5-3-2-4-6-20/h2-8,11-12,18-19,24-26,31,36H,9-10,13-17H2,1H3/b12-8+/t24-,25-,26+,31-,32-/m0/s1. The third kappa shape index (κ3) is 4.08. The van der Waals surface area contributed by atoms with Gasteiger partial charge in [0.15, 0.2) is 11.5 Å². The minimum atomic E-state index is -0.157. The summed E-state index contributed by atoms with van der Waals surface area (Å²) in [5, 5.41) is 12.9. The van der Waals surface area contributed by atoms with E-state index in [2.05, 4.69) is 57.2 Å². The molecule has 39 heavy (non-hydrogen) atoms. The number of nitrogens with zero attached hydrogens (tertiary/aromatic N) is 2. The van der Waals surface area contributed by atoms with Gasteiger partial charge >= 0.3 is 0 Å². The molecule has 7 heteroatoms. The highest BCUT2D eigenvalue weighted by Crippen LogP contribution is 2.64. The van der Waals surface area contributed by atoms with Crippen LogP contribution in [0.1, 0.15) is 40.8 Å². The fraction of sp³-hybridized carbons (Fsp3) is 0.406. The van der Waals surface area contributed by atoms with Crippen LogP contribution in [0, 0.1) is 5.92 Å². The number of aromatic hydroxyl groups is 1. The molecule has 2 aromatic carbocycles. The summed E-state index contributed by atoms with van der Waals surface area (Å²) >= 11 is 5.10. The Balaban J connectivity index is 1.19. The maximum atomic E-state index is 13.4. The fourth-order valence-corrected chi connectivity index (χ4v) is 9.38. The summed E-state index contributed by atoms with van der Waals surface area (Å²) in [6.07, 6.45) is 8.45. The van der Waals surface area contributed by atoms with E-state index in [9.17, 15) is 9.90 Å². The van der Waals surface area contributed by atoms with E-state index >= 15 is 0 Å². The maximum Gasteiger partial charge on any atom is 0.246 e. The molecule has 1 saturated heterocycles. The SMILES string of the molecule is CN(C(=O)/C=C/c1cc(Br)cs1)[C@H]1CC[C@H]2[C@H]3Cc4ccc(O)c5c4[C@@]2(CCN3CCc2ccccc2)[C@H]1O5. The van der Waals surface area contributed by atoms with Gasteiger partial charge in [-0.15, -0.1) is 11.3 Å². The van der Waals surface area contributed by atoms with E-state index in [0.29, 0.717) is 17.7 Å². The molecule has 2 aliphatic heterocycles. The van der Waals surface area contributed by atoms with Crippen molar-refractivity contribution >= 4 is 39.2 Å². The molecule has 0 radical (unpaired) electrons. The summed E-state index contributed by atoms with van der Waals surface area (Å²) in [6, 6.07) is 17.1. The van der Waals surface area contributed by atoms with Crippen molar-refractivity contribution in [2.45, 2.75) is 55.7 Å². The maximum absolute atomic E-state index is 13.4.